The summed E-state index contributed by atoms with van der Waals surface area (Å²) in [5, 5.41) is 3.53. The second-order valence-corrected chi connectivity index (χ2v) is 7.12. The van der Waals surface area contributed by atoms with E-state index in [0.29, 0.717) is 5.96 Å². The molecule has 4 rings (SSSR count). The van der Waals surface area contributed by atoms with Crippen LogP contribution in [0.1, 0.15) is 24.0 Å². The number of hydrogen-bond acceptors (Lipinski definition) is 6. The van der Waals surface area contributed by atoms with Gasteiger partial charge >= 0.3 is 0 Å². The third kappa shape index (κ3) is 4.07. The maximum Gasteiger partial charge on any atom is 0.222 e. The van der Waals surface area contributed by atoms with Gasteiger partial charge in [0.25, 0.3) is 0 Å². The number of anilines is 2. The zero-order valence-corrected chi connectivity index (χ0v) is 17.1. The summed E-state index contributed by atoms with van der Waals surface area (Å²) < 4.78 is 0. The molecule has 148 valence electrons. The van der Waals surface area contributed by atoms with Crippen molar-refractivity contribution in [3.05, 3.63) is 59.7 Å². The van der Waals surface area contributed by atoms with E-state index >= 15 is 0 Å². The first kappa shape index (κ1) is 20.0. The smallest absolute Gasteiger partial charge is 0.222 e. The number of likely N-dealkylation sites (tertiary alicyclic amines) is 1. The standard InChI is InChI=1S/C21H26N6.ClH/c1-15-10-11-17(14-16(15)2)23-20-24-19(22)25-21(26-12-6-7-13-26)27(20)18-8-4-3-5-9-18;/h3-5,8-11,14,20,23H,6-7,12-13H2,1-2H3,(H2,22,24);1H. The molecule has 2 aromatic carbocycles. The SMILES string of the molecule is Cc1ccc(NC2N=C(N)N=C(N3CCCC3)N2c2ccccc2)cc1C.Cl. The van der Waals surface area contributed by atoms with Gasteiger partial charge in [-0.2, -0.15) is 4.99 Å². The van der Waals surface area contributed by atoms with E-state index in [2.05, 4.69) is 69.3 Å². The van der Waals surface area contributed by atoms with Gasteiger partial charge in [-0.15, -0.1) is 12.4 Å². The van der Waals surface area contributed by atoms with Gasteiger partial charge in [0.2, 0.25) is 18.2 Å². The Hall–Kier alpha value is -2.73. The van der Waals surface area contributed by atoms with E-state index in [-0.39, 0.29) is 18.7 Å². The zero-order chi connectivity index (χ0) is 18.8. The van der Waals surface area contributed by atoms with Gasteiger partial charge in [0, 0.05) is 24.5 Å². The number of aliphatic imine (C=N–C) groups is 2. The molecule has 2 heterocycles. The molecule has 28 heavy (non-hydrogen) atoms. The summed E-state index contributed by atoms with van der Waals surface area (Å²) in [4.78, 5) is 13.6. The average Bonchev–Trinajstić information content (AvgIpc) is 3.20. The van der Waals surface area contributed by atoms with Crippen molar-refractivity contribution in [3.8, 4) is 0 Å². The Labute approximate surface area is 172 Å². The highest BCUT2D eigenvalue weighted by atomic mass is 35.5. The summed E-state index contributed by atoms with van der Waals surface area (Å²) in [6, 6.07) is 16.6. The molecular weight excluding hydrogens is 372 g/mol. The van der Waals surface area contributed by atoms with Crippen LogP contribution in [0.3, 0.4) is 0 Å². The van der Waals surface area contributed by atoms with Crippen LogP contribution < -0.4 is 16.0 Å². The molecule has 1 unspecified atom stereocenters. The molecule has 0 amide bonds. The molecule has 0 bridgehead atoms. The van der Waals surface area contributed by atoms with Crippen LogP contribution in [0.4, 0.5) is 11.4 Å². The number of aryl methyl sites for hydroxylation is 2. The van der Waals surface area contributed by atoms with Gasteiger partial charge < -0.3 is 16.0 Å². The summed E-state index contributed by atoms with van der Waals surface area (Å²) in [7, 11) is 0. The minimum absolute atomic E-state index is 0. The number of rotatable bonds is 3. The van der Waals surface area contributed by atoms with Crippen LogP contribution in [0, 0.1) is 13.8 Å². The number of para-hydroxylation sites is 1. The van der Waals surface area contributed by atoms with E-state index in [4.69, 9.17) is 5.73 Å². The number of hydrogen-bond donors (Lipinski definition) is 2. The van der Waals surface area contributed by atoms with Crippen molar-refractivity contribution < 1.29 is 0 Å². The number of nitrogens with zero attached hydrogens (tertiary/aromatic N) is 4. The fourth-order valence-electron chi connectivity index (χ4n) is 3.54. The molecule has 3 N–H and O–H groups in total. The average molecular weight is 399 g/mol. The highest BCUT2D eigenvalue weighted by Gasteiger charge is 2.32. The van der Waals surface area contributed by atoms with Crippen molar-refractivity contribution in [2.24, 2.45) is 15.7 Å². The Morgan fingerprint density at radius 1 is 1.00 bits per heavy atom. The van der Waals surface area contributed by atoms with Crippen molar-refractivity contribution in [3.63, 3.8) is 0 Å². The first-order valence-electron chi connectivity index (χ1n) is 9.47. The molecular formula is C21H27ClN6. The number of halogens is 1. The minimum atomic E-state index is -0.345. The lowest BCUT2D eigenvalue weighted by Gasteiger charge is -2.38. The van der Waals surface area contributed by atoms with E-state index in [9.17, 15) is 0 Å². The molecule has 2 aliphatic rings. The van der Waals surface area contributed by atoms with Crippen molar-refractivity contribution in [1.29, 1.82) is 0 Å². The summed E-state index contributed by atoms with van der Waals surface area (Å²) in [6.45, 7) is 6.22. The topological polar surface area (TPSA) is 69.2 Å². The molecule has 1 fully saturated rings. The third-order valence-electron chi connectivity index (χ3n) is 5.16. The number of guanidine groups is 2. The number of nitrogens with one attached hydrogen (secondary N) is 1. The van der Waals surface area contributed by atoms with Crippen LogP contribution in [0.25, 0.3) is 0 Å². The lowest BCUT2D eigenvalue weighted by atomic mass is 10.1. The number of benzene rings is 2. The quantitative estimate of drug-likeness (QED) is 0.826. The van der Waals surface area contributed by atoms with Crippen molar-refractivity contribution in [1.82, 2.24) is 4.90 Å². The van der Waals surface area contributed by atoms with Crippen LogP contribution in [-0.4, -0.2) is 36.2 Å². The molecule has 6 nitrogen and oxygen atoms in total. The molecule has 0 radical (unpaired) electrons. The molecule has 0 aliphatic carbocycles. The Balaban J connectivity index is 0.00000225. The molecule has 1 atom stereocenters. The summed E-state index contributed by atoms with van der Waals surface area (Å²) in [5.74, 6) is 1.18. The normalized spacial score (nSPS) is 19.0. The predicted molar refractivity (Wildman–Crippen MR) is 119 cm³/mol. The molecule has 2 aliphatic heterocycles. The van der Waals surface area contributed by atoms with Gasteiger partial charge in [0.05, 0.1) is 0 Å². The molecule has 7 heteroatoms. The van der Waals surface area contributed by atoms with Gasteiger partial charge in [0.1, 0.15) is 0 Å². The van der Waals surface area contributed by atoms with E-state index in [1.165, 1.54) is 24.0 Å². The Morgan fingerprint density at radius 2 is 1.71 bits per heavy atom. The summed E-state index contributed by atoms with van der Waals surface area (Å²) in [5.41, 5.74) is 10.7. The molecule has 0 spiro atoms. The summed E-state index contributed by atoms with van der Waals surface area (Å²) >= 11 is 0. The van der Waals surface area contributed by atoms with E-state index in [1.807, 2.05) is 18.2 Å². The zero-order valence-electron chi connectivity index (χ0n) is 16.3. The van der Waals surface area contributed by atoms with Gasteiger partial charge in [-0.1, -0.05) is 24.3 Å². The molecule has 0 aromatic heterocycles. The fourth-order valence-corrected chi connectivity index (χ4v) is 3.54. The molecule has 0 saturated carbocycles. The van der Waals surface area contributed by atoms with E-state index in [1.54, 1.807) is 0 Å². The minimum Gasteiger partial charge on any atom is -0.368 e. The fraction of sp³-hybridized carbons (Fsp3) is 0.333. The van der Waals surface area contributed by atoms with Crippen LogP contribution in [0.15, 0.2) is 58.5 Å². The van der Waals surface area contributed by atoms with Crippen LogP contribution >= 0.6 is 12.4 Å². The van der Waals surface area contributed by atoms with Gasteiger partial charge in [-0.3, -0.25) is 4.90 Å². The molecule has 2 aromatic rings. The van der Waals surface area contributed by atoms with Crippen LogP contribution in [-0.2, 0) is 0 Å². The van der Waals surface area contributed by atoms with E-state index < -0.39 is 0 Å². The maximum atomic E-state index is 6.10. The van der Waals surface area contributed by atoms with Crippen molar-refractivity contribution >= 4 is 35.7 Å². The lowest BCUT2D eigenvalue weighted by molar-refractivity contribution is 0.497. The Bertz CT molecular complexity index is 874. The van der Waals surface area contributed by atoms with Crippen LogP contribution in [0.5, 0.6) is 0 Å². The number of nitrogens with two attached hydrogens (primary N) is 1. The largest absolute Gasteiger partial charge is 0.368 e. The predicted octanol–water partition coefficient (Wildman–Crippen LogP) is 3.71. The van der Waals surface area contributed by atoms with E-state index in [0.717, 1.165) is 30.4 Å². The lowest BCUT2D eigenvalue weighted by Crippen LogP contribution is -2.54. The highest BCUT2D eigenvalue weighted by Crippen LogP contribution is 2.26. The van der Waals surface area contributed by atoms with Gasteiger partial charge in [-0.05, 0) is 62.1 Å². The second-order valence-electron chi connectivity index (χ2n) is 7.12. The molecule has 1 saturated heterocycles. The van der Waals surface area contributed by atoms with Gasteiger partial charge in [0.15, 0.2) is 0 Å². The Morgan fingerprint density at radius 3 is 2.39 bits per heavy atom. The highest BCUT2D eigenvalue weighted by molar-refractivity contribution is 6.06. The van der Waals surface area contributed by atoms with Gasteiger partial charge in [-0.25, -0.2) is 4.99 Å². The summed E-state index contributed by atoms with van der Waals surface area (Å²) in [6.07, 6.45) is 2.00. The first-order valence-corrected chi connectivity index (χ1v) is 9.47. The third-order valence-corrected chi connectivity index (χ3v) is 5.16. The first-order chi connectivity index (χ1) is 13.1. The monoisotopic (exact) mass is 398 g/mol. The maximum absolute atomic E-state index is 6.10. The Kier molecular flexibility index (Phi) is 6.09. The van der Waals surface area contributed by atoms with Crippen molar-refractivity contribution in [2.75, 3.05) is 23.3 Å². The van der Waals surface area contributed by atoms with Crippen molar-refractivity contribution in [2.45, 2.75) is 33.0 Å². The second kappa shape index (κ2) is 8.52. The van der Waals surface area contributed by atoms with Crippen LogP contribution in [0.2, 0.25) is 0 Å².